The smallest absolute Gasteiger partial charge is 0.161 e. The van der Waals surface area contributed by atoms with Crippen molar-refractivity contribution in [2.45, 2.75) is 45.1 Å². The minimum Gasteiger partial charge on any atom is -0.493 e. The van der Waals surface area contributed by atoms with Gasteiger partial charge in [0, 0.05) is 0 Å². The minimum atomic E-state index is -0.132. The second kappa shape index (κ2) is 6.80. The molecule has 2 rings (SSSR count). The lowest BCUT2D eigenvalue weighted by atomic mass is 10.0. The van der Waals surface area contributed by atoms with Gasteiger partial charge in [0.15, 0.2) is 11.5 Å². The molecule has 0 saturated heterocycles. The highest BCUT2D eigenvalue weighted by Crippen LogP contribution is 2.31. The SMILES string of the molecule is CCc1ccc(OCCC2CCCC2O)c(OC)c1. The van der Waals surface area contributed by atoms with E-state index in [1.807, 2.05) is 12.1 Å². The number of hydrogen-bond acceptors (Lipinski definition) is 3. The number of methoxy groups -OCH3 is 1. The van der Waals surface area contributed by atoms with E-state index >= 15 is 0 Å². The summed E-state index contributed by atoms with van der Waals surface area (Å²) < 4.78 is 11.2. The van der Waals surface area contributed by atoms with Crippen molar-refractivity contribution in [3.8, 4) is 11.5 Å². The molecular formula is C16H24O3. The van der Waals surface area contributed by atoms with Crippen molar-refractivity contribution >= 4 is 0 Å². The van der Waals surface area contributed by atoms with Gasteiger partial charge >= 0.3 is 0 Å². The Morgan fingerprint density at radius 2 is 2.11 bits per heavy atom. The van der Waals surface area contributed by atoms with E-state index < -0.39 is 0 Å². The number of benzene rings is 1. The van der Waals surface area contributed by atoms with Crippen LogP contribution in [-0.2, 0) is 6.42 Å². The van der Waals surface area contributed by atoms with Crippen LogP contribution in [0.3, 0.4) is 0 Å². The van der Waals surface area contributed by atoms with Crippen LogP contribution in [0.2, 0.25) is 0 Å². The summed E-state index contributed by atoms with van der Waals surface area (Å²) in [6.45, 7) is 2.76. The lowest BCUT2D eigenvalue weighted by Crippen LogP contribution is -2.16. The van der Waals surface area contributed by atoms with E-state index in [1.54, 1.807) is 7.11 Å². The lowest BCUT2D eigenvalue weighted by molar-refractivity contribution is 0.116. The van der Waals surface area contributed by atoms with Crippen molar-refractivity contribution in [1.29, 1.82) is 0 Å². The van der Waals surface area contributed by atoms with Gasteiger partial charge in [0.05, 0.1) is 19.8 Å². The molecule has 0 spiro atoms. The highest BCUT2D eigenvalue weighted by atomic mass is 16.5. The van der Waals surface area contributed by atoms with Crippen LogP contribution >= 0.6 is 0 Å². The lowest BCUT2D eigenvalue weighted by Gasteiger charge is -2.16. The Morgan fingerprint density at radius 3 is 2.74 bits per heavy atom. The normalized spacial score (nSPS) is 22.5. The van der Waals surface area contributed by atoms with Gasteiger partial charge in [-0.2, -0.15) is 0 Å². The maximum atomic E-state index is 9.77. The molecular weight excluding hydrogens is 240 g/mol. The summed E-state index contributed by atoms with van der Waals surface area (Å²) in [7, 11) is 1.67. The zero-order valence-electron chi connectivity index (χ0n) is 11.9. The molecule has 0 radical (unpaired) electrons. The van der Waals surface area contributed by atoms with Crippen molar-refractivity contribution in [3.05, 3.63) is 23.8 Å². The monoisotopic (exact) mass is 264 g/mol. The van der Waals surface area contributed by atoms with E-state index in [0.717, 1.165) is 43.6 Å². The molecule has 1 aliphatic carbocycles. The third-order valence-corrected chi connectivity index (χ3v) is 4.00. The number of rotatable bonds is 6. The quantitative estimate of drug-likeness (QED) is 0.857. The molecule has 1 saturated carbocycles. The molecule has 0 heterocycles. The van der Waals surface area contributed by atoms with E-state index in [1.165, 1.54) is 5.56 Å². The fourth-order valence-corrected chi connectivity index (χ4v) is 2.73. The van der Waals surface area contributed by atoms with Crippen molar-refractivity contribution in [1.82, 2.24) is 0 Å². The van der Waals surface area contributed by atoms with Crippen LogP contribution in [0.25, 0.3) is 0 Å². The molecule has 2 unspecified atom stereocenters. The average molecular weight is 264 g/mol. The first-order valence-electron chi connectivity index (χ1n) is 7.22. The third-order valence-electron chi connectivity index (χ3n) is 4.00. The second-order valence-electron chi connectivity index (χ2n) is 5.23. The third kappa shape index (κ3) is 3.63. The van der Waals surface area contributed by atoms with Gasteiger partial charge in [-0.25, -0.2) is 0 Å². The first kappa shape index (κ1) is 14.2. The highest BCUT2D eigenvalue weighted by Gasteiger charge is 2.24. The van der Waals surface area contributed by atoms with Gasteiger partial charge < -0.3 is 14.6 Å². The van der Waals surface area contributed by atoms with Crippen LogP contribution in [0, 0.1) is 5.92 Å². The molecule has 0 aliphatic heterocycles. The Bertz CT molecular complexity index is 403. The molecule has 0 amide bonds. The van der Waals surface area contributed by atoms with E-state index in [9.17, 15) is 5.11 Å². The summed E-state index contributed by atoms with van der Waals surface area (Å²) in [5.74, 6) is 2.00. The summed E-state index contributed by atoms with van der Waals surface area (Å²) >= 11 is 0. The van der Waals surface area contributed by atoms with Crippen molar-refractivity contribution in [2.75, 3.05) is 13.7 Å². The second-order valence-corrected chi connectivity index (χ2v) is 5.23. The zero-order chi connectivity index (χ0) is 13.7. The Morgan fingerprint density at radius 1 is 1.26 bits per heavy atom. The highest BCUT2D eigenvalue weighted by molar-refractivity contribution is 5.42. The average Bonchev–Trinajstić information content (AvgIpc) is 2.84. The van der Waals surface area contributed by atoms with Gasteiger partial charge in [0.2, 0.25) is 0 Å². The van der Waals surface area contributed by atoms with Gasteiger partial charge in [-0.1, -0.05) is 19.4 Å². The number of hydrogen-bond donors (Lipinski definition) is 1. The molecule has 0 bridgehead atoms. The molecule has 1 N–H and O–H groups in total. The topological polar surface area (TPSA) is 38.7 Å². The number of aryl methyl sites for hydroxylation is 1. The first-order chi connectivity index (χ1) is 9.24. The Balaban J connectivity index is 1.88. The molecule has 1 aromatic rings. The standard InChI is InChI=1S/C16H24O3/c1-3-12-7-8-15(16(11-12)18-2)19-10-9-13-5-4-6-14(13)17/h7-8,11,13-14,17H,3-6,9-10H2,1-2H3. The Kier molecular flexibility index (Phi) is 5.08. The molecule has 19 heavy (non-hydrogen) atoms. The van der Waals surface area contributed by atoms with Gasteiger partial charge in [-0.05, 0) is 49.3 Å². The minimum absolute atomic E-state index is 0.132. The van der Waals surface area contributed by atoms with Gasteiger partial charge in [-0.3, -0.25) is 0 Å². The maximum Gasteiger partial charge on any atom is 0.161 e. The molecule has 1 aliphatic rings. The number of aliphatic hydroxyl groups is 1. The molecule has 106 valence electrons. The number of ether oxygens (including phenoxy) is 2. The van der Waals surface area contributed by atoms with Crippen molar-refractivity contribution < 1.29 is 14.6 Å². The molecule has 2 atom stereocenters. The predicted octanol–water partition coefficient (Wildman–Crippen LogP) is 3.19. The van der Waals surface area contributed by atoms with Crippen LogP contribution in [0.1, 0.15) is 38.2 Å². The van der Waals surface area contributed by atoms with Crippen molar-refractivity contribution in [3.63, 3.8) is 0 Å². The van der Waals surface area contributed by atoms with Gasteiger partial charge in [-0.15, -0.1) is 0 Å². The summed E-state index contributed by atoms with van der Waals surface area (Å²) in [5.41, 5.74) is 1.25. The molecule has 3 heteroatoms. The molecule has 1 aromatic carbocycles. The van der Waals surface area contributed by atoms with Gasteiger partial charge in [0.1, 0.15) is 0 Å². The molecule has 3 nitrogen and oxygen atoms in total. The Hall–Kier alpha value is -1.22. The summed E-state index contributed by atoms with van der Waals surface area (Å²) in [6, 6.07) is 6.07. The zero-order valence-corrected chi connectivity index (χ0v) is 11.9. The van der Waals surface area contributed by atoms with E-state index in [4.69, 9.17) is 9.47 Å². The fourth-order valence-electron chi connectivity index (χ4n) is 2.73. The Labute approximate surface area is 115 Å². The predicted molar refractivity (Wildman–Crippen MR) is 75.8 cm³/mol. The van der Waals surface area contributed by atoms with E-state index in [-0.39, 0.29) is 6.10 Å². The van der Waals surface area contributed by atoms with Crippen LogP contribution in [0.5, 0.6) is 11.5 Å². The van der Waals surface area contributed by atoms with Crippen LogP contribution in [0.4, 0.5) is 0 Å². The summed E-state index contributed by atoms with van der Waals surface area (Å²) in [5, 5.41) is 9.77. The van der Waals surface area contributed by atoms with Crippen LogP contribution < -0.4 is 9.47 Å². The van der Waals surface area contributed by atoms with E-state index in [0.29, 0.717) is 12.5 Å². The summed E-state index contributed by atoms with van der Waals surface area (Å²) in [4.78, 5) is 0. The summed E-state index contributed by atoms with van der Waals surface area (Å²) in [6.07, 6.45) is 4.98. The van der Waals surface area contributed by atoms with E-state index in [2.05, 4.69) is 13.0 Å². The van der Waals surface area contributed by atoms with Crippen LogP contribution in [0.15, 0.2) is 18.2 Å². The first-order valence-corrected chi connectivity index (χ1v) is 7.22. The van der Waals surface area contributed by atoms with Crippen LogP contribution in [-0.4, -0.2) is 24.9 Å². The molecule has 0 aromatic heterocycles. The number of aliphatic hydroxyl groups excluding tert-OH is 1. The largest absolute Gasteiger partial charge is 0.493 e. The maximum absolute atomic E-state index is 9.77. The molecule has 1 fully saturated rings. The van der Waals surface area contributed by atoms with Gasteiger partial charge in [0.25, 0.3) is 0 Å². The van der Waals surface area contributed by atoms with Crippen molar-refractivity contribution in [2.24, 2.45) is 5.92 Å². The fraction of sp³-hybridized carbons (Fsp3) is 0.625.